The number of amides is 3. The van der Waals surface area contributed by atoms with Gasteiger partial charge in [-0.05, 0) is 57.7 Å². The Morgan fingerprint density at radius 3 is 2.30 bits per heavy atom. The first-order valence-corrected chi connectivity index (χ1v) is 11.6. The van der Waals surface area contributed by atoms with Crippen LogP contribution in [0.15, 0.2) is 24.3 Å². The Morgan fingerprint density at radius 2 is 1.79 bits per heavy atom. The first-order valence-electron chi connectivity index (χ1n) is 11.6. The minimum atomic E-state index is -1.26. The van der Waals surface area contributed by atoms with Crippen LogP contribution in [0.2, 0.25) is 0 Å². The summed E-state index contributed by atoms with van der Waals surface area (Å²) in [4.78, 5) is 40.4. The second kappa shape index (κ2) is 11.9. The highest BCUT2D eigenvalue weighted by Crippen LogP contribution is 2.36. The molecule has 0 bridgehead atoms. The fraction of sp³-hybridized carbons (Fsp3) is 0.625. The lowest BCUT2D eigenvalue weighted by atomic mass is 10.0. The van der Waals surface area contributed by atoms with Gasteiger partial charge in [-0.1, -0.05) is 31.9 Å². The molecule has 0 aliphatic heterocycles. The lowest BCUT2D eigenvalue weighted by Gasteiger charge is -2.34. The number of benzene rings is 1. The van der Waals surface area contributed by atoms with Gasteiger partial charge in [-0.3, -0.25) is 9.59 Å². The van der Waals surface area contributed by atoms with Crippen LogP contribution in [0.25, 0.3) is 0 Å². The van der Waals surface area contributed by atoms with Crippen molar-refractivity contribution in [1.82, 2.24) is 15.5 Å². The number of aromatic hydroxyl groups is 1. The number of hydrogen-bond donors (Lipinski definition) is 4. The first-order chi connectivity index (χ1) is 15.6. The van der Waals surface area contributed by atoms with Gasteiger partial charge in [-0.15, -0.1) is 0 Å². The van der Waals surface area contributed by atoms with Crippen molar-refractivity contribution in [2.45, 2.75) is 83.5 Å². The van der Waals surface area contributed by atoms with Gasteiger partial charge in [0, 0.05) is 12.6 Å². The van der Waals surface area contributed by atoms with Gasteiger partial charge in [0.25, 0.3) is 0 Å². The molecule has 0 aromatic heterocycles. The van der Waals surface area contributed by atoms with E-state index >= 15 is 0 Å². The average molecular weight is 464 g/mol. The van der Waals surface area contributed by atoms with Crippen LogP contribution in [0.4, 0.5) is 4.79 Å². The van der Waals surface area contributed by atoms with Gasteiger partial charge in [0.1, 0.15) is 23.4 Å². The molecule has 184 valence electrons. The van der Waals surface area contributed by atoms with Crippen LogP contribution >= 0.6 is 0 Å². The minimum absolute atomic E-state index is 0.0463. The summed E-state index contributed by atoms with van der Waals surface area (Å²) in [6, 6.07) is 3.73. The number of nitrogens with zero attached hydrogens (tertiary/aromatic N) is 1. The van der Waals surface area contributed by atoms with Crippen molar-refractivity contribution in [3.8, 4) is 5.75 Å². The lowest BCUT2D eigenvalue weighted by Crippen LogP contribution is -2.55. The fourth-order valence-electron chi connectivity index (χ4n) is 3.46. The van der Waals surface area contributed by atoms with E-state index in [-0.39, 0.29) is 17.7 Å². The van der Waals surface area contributed by atoms with Gasteiger partial charge in [-0.25, -0.2) is 4.79 Å². The number of ether oxygens (including phenoxy) is 1. The van der Waals surface area contributed by atoms with Crippen LogP contribution in [-0.2, 0) is 14.3 Å². The number of alkyl carbamates (subject to hydrolysis) is 1. The number of rotatable bonds is 11. The molecule has 2 unspecified atom stereocenters. The van der Waals surface area contributed by atoms with E-state index < -0.39 is 36.3 Å². The number of phenols is 1. The van der Waals surface area contributed by atoms with Crippen molar-refractivity contribution >= 4 is 17.9 Å². The van der Waals surface area contributed by atoms with Crippen molar-refractivity contribution in [2.24, 2.45) is 0 Å². The van der Waals surface area contributed by atoms with E-state index in [1.54, 1.807) is 32.9 Å². The van der Waals surface area contributed by atoms with E-state index in [9.17, 15) is 24.6 Å². The maximum Gasteiger partial charge on any atom is 0.408 e. The largest absolute Gasteiger partial charge is 0.508 e. The first kappa shape index (κ1) is 26.4. The SMILES string of the molecule is CCCCCNC(=O)C(c1ccc(O)cc1)N(C(=O)C(CO)NC(=O)OC(C)(C)C)C1CC1. The molecule has 2 rings (SSSR count). The highest BCUT2D eigenvalue weighted by molar-refractivity contribution is 5.92. The number of aliphatic hydroxyl groups excluding tert-OH is 1. The minimum Gasteiger partial charge on any atom is -0.508 e. The Balaban J connectivity index is 2.29. The van der Waals surface area contributed by atoms with Gasteiger partial charge < -0.3 is 30.5 Å². The molecule has 0 spiro atoms. The predicted molar refractivity (Wildman–Crippen MR) is 123 cm³/mol. The second-order valence-corrected chi connectivity index (χ2v) is 9.35. The third-order valence-electron chi connectivity index (χ3n) is 5.18. The van der Waals surface area contributed by atoms with E-state index in [4.69, 9.17) is 4.74 Å². The normalized spacial score (nSPS) is 15.3. The van der Waals surface area contributed by atoms with E-state index in [1.165, 1.54) is 17.0 Å². The smallest absolute Gasteiger partial charge is 0.408 e. The summed E-state index contributed by atoms with van der Waals surface area (Å²) >= 11 is 0. The number of aliphatic hydroxyl groups is 1. The summed E-state index contributed by atoms with van der Waals surface area (Å²) in [6.45, 7) is 7.00. The van der Waals surface area contributed by atoms with Gasteiger partial charge in [0.15, 0.2) is 0 Å². The standard InChI is InChI=1S/C24H37N3O6/c1-5-6-7-14-25-21(30)20(16-8-12-18(29)13-9-16)27(17-10-11-17)22(31)19(15-28)26-23(32)33-24(2,3)4/h8-9,12-13,17,19-20,28-29H,5-7,10-11,14-15H2,1-4H3,(H,25,30)(H,26,32). The maximum atomic E-state index is 13.5. The molecule has 9 nitrogen and oxygen atoms in total. The highest BCUT2D eigenvalue weighted by Gasteiger charge is 2.43. The summed E-state index contributed by atoms with van der Waals surface area (Å²) < 4.78 is 5.22. The van der Waals surface area contributed by atoms with Crippen LogP contribution in [0.1, 0.15) is 71.4 Å². The number of nitrogens with one attached hydrogen (secondary N) is 2. The van der Waals surface area contributed by atoms with Crippen molar-refractivity contribution < 1.29 is 29.3 Å². The molecule has 9 heteroatoms. The molecule has 0 heterocycles. The Morgan fingerprint density at radius 1 is 1.15 bits per heavy atom. The Labute approximate surface area is 195 Å². The Kier molecular flexibility index (Phi) is 9.52. The molecule has 1 aliphatic rings. The summed E-state index contributed by atoms with van der Waals surface area (Å²) in [5.74, 6) is -0.858. The molecule has 4 N–H and O–H groups in total. The van der Waals surface area contributed by atoms with Crippen LogP contribution < -0.4 is 10.6 Å². The molecule has 1 fully saturated rings. The molecular weight excluding hydrogens is 426 g/mol. The molecule has 0 radical (unpaired) electrons. The number of hydrogen-bond acceptors (Lipinski definition) is 6. The zero-order chi connectivity index (χ0) is 24.6. The molecule has 1 saturated carbocycles. The van der Waals surface area contributed by atoms with Crippen molar-refractivity contribution in [2.75, 3.05) is 13.2 Å². The predicted octanol–water partition coefficient (Wildman–Crippen LogP) is 2.62. The number of unbranched alkanes of at least 4 members (excludes halogenated alkanes) is 2. The molecular formula is C24H37N3O6. The van der Waals surface area contributed by atoms with Gasteiger partial charge >= 0.3 is 6.09 Å². The van der Waals surface area contributed by atoms with Crippen LogP contribution in [0.3, 0.4) is 0 Å². The second-order valence-electron chi connectivity index (χ2n) is 9.35. The Hall–Kier alpha value is -2.81. The maximum absolute atomic E-state index is 13.5. The molecule has 1 aromatic rings. The lowest BCUT2D eigenvalue weighted by molar-refractivity contribution is -0.144. The zero-order valence-electron chi connectivity index (χ0n) is 20.0. The monoisotopic (exact) mass is 463 g/mol. The van der Waals surface area contributed by atoms with E-state index in [0.29, 0.717) is 24.9 Å². The van der Waals surface area contributed by atoms with Crippen LogP contribution in [-0.4, -0.2) is 63.9 Å². The summed E-state index contributed by atoms with van der Waals surface area (Å²) in [6.07, 6.45) is 3.42. The summed E-state index contributed by atoms with van der Waals surface area (Å²) in [5, 5.41) is 24.9. The van der Waals surface area contributed by atoms with E-state index in [0.717, 1.165) is 19.3 Å². The number of phenolic OH excluding ortho intramolecular Hbond substituents is 1. The highest BCUT2D eigenvalue weighted by atomic mass is 16.6. The van der Waals surface area contributed by atoms with Gasteiger partial charge in [0.2, 0.25) is 11.8 Å². The summed E-state index contributed by atoms with van der Waals surface area (Å²) in [7, 11) is 0. The zero-order valence-corrected chi connectivity index (χ0v) is 20.0. The number of carbonyl (C=O) groups excluding carboxylic acids is 3. The van der Waals surface area contributed by atoms with Crippen molar-refractivity contribution in [1.29, 1.82) is 0 Å². The molecule has 1 aromatic carbocycles. The quantitative estimate of drug-likeness (QED) is 0.374. The van der Waals surface area contributed by atoms with Gasteiger partial charge in [0.05, 0.1) is 6.61 Å². The van der Waals surface area contributed by atoms with Crippen LogP contribution in [0.5, 0.6) is 5.75 Å². The van der Waals surface area contributed by atoms with Crippen molar-refractivity contribution in [3.05, 3.63) is 29.8 Å². The number of carbonyl (C=O) groups is 3. The summed E-state index contributed by atoms with van der Waals surface area (Å²) in [5.41, 5.74) is -0.231. The van der Waals surface area contributed by atoms with Crippen LogP contribution in [0, 0.1) is 0 Å². The molecule has 0 saturated heterocycles. The fourth-order valence-corrected chi connectivity index (χ4v) is 3.46. The molecule has 3 amide bonds. The van der Waals surface area contributed by atoms with Crippen molar-refractivity contribution in [3.63, 3.8) is 0 Å². The molecule has 2 atom stereocenters. The third-order valence-corrected chi connectivity index (χ3v) is 5.18. The Bertz CT molecular complexity index is 801. The van der Waals surface area contributed by atoms with E-state index in [1.807, 2.05) is 0 Å². The molecule has 33 heavy (non-hydrogen) atoms. The average Bonchev–Trinajstić information content (AvgIpc) is 3.57. The van der Waals surface area contributed by atoms with Gasteiger partial charge in [-0.2, -0.15) is 0 Å². The third kappa shape index (κ3) is 8.24. The topological polar surface area (TPSA) is 128 Å². The van der Waals surface area contributed by atoms with E-state index in [2.05, 4.69) is 17.6 Å². The molecule has 1 aliphatic carbocycles.